The minimum Gasteiger partial charge on any atom is -0.240 e. The molecule has 0 N–H and O–H groups in total. The van der Waals surface area contributed by atoms with Gasteiger partial charge in [-0.1, -0.05) is 61.7 Å². The van der Waals surface area contributed by atoms with Crippen LogP contribution in [0, 0.1) is 5.92 Å². The van der Waals surface area contributed by atoms with E-state index in [4.69, 9.17) is 11.6 Å². The van der Waals surface area contributed by atoms with Crippen LogP contribution in [0.25, 0.3) is 11.1 Å². The summed E-state index contributed by atoms with van der Waals surface area (Å²) in [5.41, 5.74) is 5.38. The fraction of sp³-hybridized carbons (Fsp3) is 0.478. The van der Waals surface area contributed by atoms with Crippen molar-refractivity contribution in [1.82, 2.24) is 9.97 Å². The number of unbranched alkanes of at least 4 members (excludes halogenated alkanes) is 2. The van der Waals surface area contributed by atoms with E-state index in [9.17, 15) is 0 Å². The minimum absolute atomic E-state index is 0.491. The molecule has 1 aliphatic rings. The summed E-state index contributed by atoms with van der Waals surface area (Å²) in [7, 11) is 0. The van der Waals surface area contributed by atoms with E-state index in [0.717, 1.165) is 24.2 Å². The van der Waals surface area contributed by atoms with Crippen molar-refractivity contribution in [3.8, 4) is 11.1 Å². The minimum atomic E-state index is 0.491. The Hall–Kier alpha value is -1.67. The molecule has 0 radical (unpaired) electrons. The van der Waals surface area contributed by atoms with Gasteiger partial charge in [-0.25, -0.2) is 9.97 Å². The highest BCUT2D eigenvalue weighted by atomic mass is 35.5. The number of hydrogen-bond acceptors (Lipinski definition) is 2. The highest BCUT2D eigenvalue weighted by Crippen LogP contribution is 2.35. The quantitative estimate of drug-likeness (QED) is 0.496. The molecule has 0 bridgehead atoms. The molecule has 3 heteroatoms. The van der Waals surface area contributed by atoms with E-state index in [1.54, 1.807) is 5.54 Å². The van der Waals surface area contributed by atoms with E-state index in [1.165, 1.54) is 49.7 Å². The van der Waals surface area contributed by atoms with Crippen molar-refractivity contribution >= 4 is 11.6 Å². The summed E-state index contributed by atoms with van der Waals surface area (Å²) in [6.07, 6.45) is 15.8. The summed E-state index contributed by atoms with van der Waals surface area (Å²) in [5, 5.41) is 0. The molecule has 1 aromatic carbocycles. The normalized spacial score (nSPS) is 20.5. The molecule has 0 aliphatic heterocycles. The molecular weight excluding hydrogens is 340 g/mol. The summed E-state index contributed by atoms with van der Waals surface area (Å²) in [4.78, 5) is 9.36. The lowest BCUT2D eigenvalue weighted by atomic mass is 9.81. The molecule has 2 aromatic rings. The Labute approximate surface area is 162 Å². The van der Waals surface area contributed by atoms with E-state index in [-0.39, 0.29) is 0 Å². The second kappa shape index (κ2) is 9.87. The lowest BCUT2D eigenvalue weighted by molar-refractivity contribution is 0.366. The van der Waals surface area contributed by atoms with Gasteiger partial charge in [0, 0.05) is 29.4 Å². The van der Waals surface area contributed by atoms with Crippen molar-refractivity contribution in [2.75, 3.05) is 0 Å². The zero-order valence-electron chi connectivity index (χ0n) is 15.7. The van der Waals surface area contributed by atoms with Crippen LogP contribution < -0.4 is 0 Å². The number of benzene rings is 1. The van der Waals surface area contributed by atoms with Crippen LogP contribution >= 0.6 is 11.6 Å². The maximum Gasteiger partial charge on any atom is 0.131 e. The third-order valence-electron chi connectivity index (χ3n) is 5.51. The molecule has 3 rings (SSSR count). The molecule has 1 saturated carbocycles. The first kappa shape index (κ1) is 19.1. The lowest BCUT2D eigenvalue weighted by Gasteiger charge is -2.25. The van der Waals surface area contributed by atoms with Gasteiger partial charge < -0.3 is 0 Å². The Kier molecular flexibility index (Phi) is 7.25. The van der Waals surface area contributed by atoms with Gasteiger partial charge in [-0.2, -0.15) is 0 Å². The molecule has 138 valence electrons. The highest BCUT2D eigenvalue weighted by molar-refractivity contribution is 6.25. The van der Waals surface area contributed by atoms with Crippen molar-refractivity contribution in [2.24, 2.45) is 5.92 Å². The summed E-state index contributed by atoms with van der Waals surface area (Å²) in [5.74, 6) is 2.11. The maximum atomic E-state index is 5.70. The van der Waals surface area contributed by atoms with Crippen molar-refractivity contribution in [3.63, 3.8) is 0 Å². The Morgan fingerprint density at radius 1 is 0.962 bits per heavy atom. The molecule has 0 atom stereocenters. The second-order valence-electron chi connectivity index (χ2n) is 7.41. The Morgan fingerprint density at radius 3 is 2.27 bits per heavy atom. The summed E-state index contributed by atoms with van der Waals surface area (Å²) in [6, 6.07) is 8.88. The molecule has 1 aromatic heterocycles. The molecular formula is C23H29ClN2. The number of rotatable bonds is 7. The molecule has 1 fully saturated rings. The van der Waals surface area contributed by atoms with Crippen LogP contribution in [0.5, 0.6) is 0 Å². The van der Waals surface area contributed by atoms with E-state index < -0.39 is 0 Å². The van der Waals surface area contributed by atoms with Gasteiger partial charge in [0.25, 0.3) is 0 Å². The predicted octanol–water partition coefficient (Wildman–Crippen LogP) is 6.90. The van der Waals surface area contributed by atoms with Gasteiger partial charge in [0.05, 0.1) is 0 Å². The average Bonchev–Trinajstić information content (AvgIpc) is 2.70. The third kappa shape index (κ3) is 5.17. The van der Waals surface area contributed by atoms with Crippen LogP contribution in [0.15, 0.2) is 48.3 Å². The summed E-state index contributed by atoms with van der Waals surface area (Å²) in [6.45, 7) is 2.25. The van der Waals surface area contributed by atoms with Gasteiger partial charge in [-0.3, -0.25) is 0 Å². The number of aryl methyl sites for hydroxylation is 1. The van der Waals surface area contributed by atoms with Crippen molar-refractivity contribution in [1.29, 1.82) is 0 Å². The molecule has 0 saturated heterocycles. The zero-order valence-corrected chi connectivity index (χ0v) is 16.5. The van der Waals surface area contributed by atoms with Crippen molar-refractivity contribution in [3.05, 3.63) is 59.7 Å². The van der Waals surface area contributed by atoms with Gasteiger partial charge in [-0.15, -0.1) is 0 Å². The number of allylic oxidation sites excluding steroid dienone is 1. The van der Waals surface area contributed by atoms with E-state index in [2.05, 4.69) is 47.2 Å². The summed E-state index contributed by atoms with van der Waals surface area (Å²) < 4.78 is 0. The lowest BCUT2D eigenvalue weighted by Crippen LogP contribution is -2.13. The smallest absolute Gasteiger partial charge is 0.131 e. The fourth-order valence-electron chi connectivity index (χ4n) is 3.81. The molecule has 26 heavy (non-hydrogen) atoms. The van der Waals surface area contributed by atoms with Crippen LogP contribution in [0.1, 0.15) is 69.2 Å². The van der Waals surface area contributed by atoms with Crippen LogP contribution in [0.2, 0.25) is 0 Å². The van der Waals surface area contributed by atoms with Crippen molar-refractivity contribution < 1.29 is 0 Å². The SMILES string of the molecule is CCCCCc1ccc(-c2cnc(C3CCC(/C=C/Cl)CC3)nc2)cc1. The van der Waals surface area contributed by atoms with Gasteiger partial charge in [0.1, 0.15) is 5.82 Å². The maximum absolute atomic E-state index is 5.70. The van der Waals surface area contributed by atoms with E-state index in [1.807, 2.05) is 12.4 Å². The Bertz CT molecular complexity index is 683. The number of hydrogen-bond donors (Lipinski definition) is 0. The van der Waals surface area contributed by atoms with Crippen LogP contribution in [0.4, 0.5) is 0 Å². The van der Waals surface area contributed by atoms with Crippen LogP contribution in [0.3, 0.4) is 0 Å². The van der Waals surface area contributed by atoms with Crippen LogP contribution in [-0.4, -0.2) is 9.97 Å². The molecule has 0 spiro atoms. The zero-order chi connectivity index (χ0) is 18.2. The standard InChI is InChI=1S/C23H29ClN2/c1-2-3-4-5-18-6-10-20(11-7-18)22-16-25-23(26-17-22)21-12-8-19(9-13-21)14-15-24/h6-7,10-11,14-17,19,21H,2-5,8-9,12-13H2,1H3/b15-14+. The first-order valence-electron chi connectivity index (χ1n) is 9.98. The second-order valence-corrected chi connectivity index (χ2v) is 7.67. The molecule has 0 amide bonds. The average molecular weight is 369 g/mol. The van der Waals surface area contributed by atoms with Gasteiger partial charge in [-0.05, 0) is 55.6 Å². The first-order chi connectivity index (χ1) is 12.8. The first-order valence-corrected chi connectivity index (χ1v) is 10.4. The topological polar surface area (TPSA) is 25.8 Å². The highest BCUT2D eigenvalue weighted by Gasteiger charge is 2.22. The largest absolute Gasteiger partial charge is 0.240 e. The third-order valence-corrected chi connectivity index (χ3v) is 5.66. The van der Waals surface area contributed by atoms with Crippen LogP contribution in [-0.2, 0) is 6.42 Å². The fourth-order valence-corrected chi connectivity index (χ4v) is 4.02. The Morgan fingerprint density at radius 2 is 1.65 bits per heavy atom. The molecule has 0 unspecified atom stereocenters. The molecule has 2 nitrogen and oxygen atoms in total. The monoisotopic (exact) mass is 368 g/mol. The molecule has 1 heterocycles. The van der Waals surface area contributed by atoms with Crippen molar-refractivity contribution in [2.45, 2.75) is 64.2 Å². The van der Waals surface area contributed by atoms with Gasteiger partial charge in [0.2, 0.25) is 0 Å². The van der Waals surface area contributed by atoms with Gasteiger partial charge in [0.15, 0.2) is 0 Å². The summed E-state index contributed by atoms with van der Waals surface area (Å²) >= 11 is 5.70. The number of aromatic nitrogens is 2. The van der Waals surface area contributed by atoms with E-state index in [0.29, 0.717) is 11.8 Å². The number of halogens is 1. The molecule has 1 aliphatic carbocycles. The van der Waals surface area contributed by atoms with Gasteiger partial charge >= 0.3 is 0 Å². The van der Waals surface area contributed by atoms with E-state index >= 15 is 0 Å². The Balaban J connectivity index is 1.59. The predicted molar refractivity (Wildman–Crippen MR) is 110 cm³/mol. The number of nitrogens with zero attached hydrogens (tertiary/aromatic N) is 2.